The summed E-state index contributed by atoms with van der Waals surface area (Å²) < 4.78 is 56.4. The average molecular weight is 362 g/mol. The number of hydrogen-bond acceptors (Lipinski definition) is 6. The van der Waals surface area contributed by atoms with E-state index in [0.29, 0.717) is 43.2 Å². The molecule has 0 saturated carbocycles. The molecule has 24 heavy (non-hydrogen) atoms. The zero-order valence-electron chi connectivity index (χ0n) is 12.7. The lowest BCUT2D eigenvalue weighted by Crippen LogP contribution is -2.46. The highest BCUT2D eigenvalue weighted by Crippen LogP contribution is 2.34. The lowest BCUT2D eigenvalue weighted by atomic mass is 10.2. The Balaban J connectivity index is 1.65. The van der Waals surface area contributed by atoms with E-state index in [4.69, 9.17) is 4.74 Å². The van der Waals surface area contributed by atoms with Crippen LogP contribution in [-0.4, -0.2) is 43.5 Å². The van der Waals surface area contributed by atoms with Gasteiger partial charge in [0.1, 0.15) is 0 Å². The quantitative estimate of drug-likeness (QED) is 0.785. The maximum Gasteiger partial charge on any atom is 0.445 e. The first-order valence-electron chi connectivity index (χ1n) is 7.12. The van der Waals surface area contributed by atoms with Crippen LogP contribution in [0.15, 0.2) is 18.2 Å². The minimum Gasteiger partial charge on any atom is -0.494 e. The number of methoxy groups -OCH3 is 1. The van der Waals surface area contributed by atoms with Gasteiger partial charge in [0.2, 0.25) is 10.1 Å². The standard InChI is InChI=1S/C14H14F4N4OS/c1-23-11-3-2-9(8-10(11)15)21-4-6-22(7-5-21)13-20-19-12(24-13)14(16,17)18/h2-3,8H,4-7H2,1H3. The Morgan fingerprint density at radius 2 is 1.75 bits per heavy atom. The van der Waals surface area contributed by atoms with Crippen LogP contribution >= 0.6 is 11.3 Å². The van der Waals surface area contributed by atoms with Gasteiger partial charge < -0.3 is 14.5 Å². The molecule has 1 saturated heterocycles. The Kier molecular flexibility index (Phi) is 4.48. The largest absolute Gasteiger partial charge is 0.494 e. The van der Waals surface area contributed by atoms with Gasteiger partial charge in [-0.3, -0.25) is 0 Å². The molecule has 1 aliphatic heterocycles. The number of halogens is 4. The van der Waals surface area contributed by atoms with Crippen molar-refractivity contribution in [2.75, 3.05) is 43.1 Å². The molecule has 2 aromatic rings. The fraction of sp³-hybridized carbons (Fsp3) is 0.429. The molecule has 1 aromatic heterocycles. The average Bonchev–Trinajstić information content (AvgIpc) is 3.05. The molecule has 0 unspecified atom stereocenters. The molecule has 0 amide bonds. The highest BCUT2D eigenvalue weighted by molar-refractivity contribution is 7.15. The van der Waals surface area contributed by atoms with Gasteiger partial charge in [0.15, 0.2) is 11.6 Å². The van der Waals surface area contributed by atoms with Crippen molar-refractivity contribution in [2.24, 2.45) is 0 Å². The summed E-state index contributed by atoms with van der Waals surface area (Å²) in [5, 5.41) is 6.12. The van der Waals surface area contributed by atoms with Gasteiger partial charge in [-0.05, 0) is 12.1 Å². The van der Waals surface area contributed by atoms with Gasteiger partial charge >= 0.3 is 6.18 Å². The van der Waals surface area contributed by atoms with Crippen LogP contribution in [-0.2, 0) is 6.18 Å². The van der Waals surface area contributed by atoms with E-state index < -0.39 is 17.0 Å². The van der Waals surface area contributed by atoms with Gasteiger partial charge in [0, 0.05) is 37.9 Å². The second kappa shape index (κ2) is 6.42. The number of hydrogen-bond donors (Lipinski definition) is 0. The van der Waals surface area contributed by atoms with Gasteiger partial charge in [0.05, 0.1) is 7.11 Å². The zero-order valence-corrected chi connectivity index (χ0v) is 13.5. The smallest absolute Gasteiger partial charge is 0.445 e. The highest BCUT2D eigenvalue weighted by Gasteiger charge is 2.36. The predicted octanol–water partition coefficient (Wildman–Crippen LogP) is 3.03. The molecule has 1 aromatic carbocycles. The minimum absolute atomic E-state index is 0.172. The lowest BCUT2D eigenvalue weighted by Gasteiger charge is -2.35. The Labute approximate surface area is 139 Å². The zero-order chi connectivity index (χ0) is 17.3. The molecule has 10 heteroatoms. The van der Waals surface area contributed by atoms with Crippen molar-refractivity contribution in [3.05, 3.63) is 29.0 Å². The van der Waals surface area contributed by atoms with E-state index in [1.54, 1.807) is 17.0 Å². The van der Waals surface area contributed by atoms with E-state index in [-0.39, 0.29) is 10.9 Å². The Morgan fingerprint density at radius 1 is 1.08 bits per heavy atom. The summed E-state index contributed by atoms with van der Waals surface area (Å²) in [6.45, 7) is 2.07. The molecule has 130 valence electrons. The number of aromatic nitrogens is 2. The van der Waals surface area contributed by atoms with Crippen molar-refractivity contribution in [2.45, 2.75) is 6.18 Å². The summed E-state index contributed by atoms with van der Waals surface area (Å²) in [6, 6.07) is 4.70. The second-order valence-electron chi connectivity index (χ2n) is 5.18. The summed E-state index contributed by atoms with van der Waals surface area (Å²) in [5.41, 5.74) is 0.709. The first-order chi connectivity index (χ1) is 11.4. The molecule has 1 aliphatic rings. The van der Waals surface area contributed by atoms with Gasteiger partial charge in [0.25, 0.3) is 0 Å². The van der Waals surface area contributed by atoms with Crippen LogP contribution in [0.2, 0.25) is 0 Å². The van der Waals surface area contributed by atoms with Crippen LogP contribution in [0, 0.1) is 5.82 Å². The fourth-order valence-corrected chi connectivity index (χ4v) is 3.23. The molecule has 0 bridgehead atoms. The minimum atomic E-state index is -4.47. The molecule has 1 fully saturated rings. The third-order valence-corrected chi connectivity index (χ3v) is 4.74. The van der Waals surface area contributed by atoms with E-state index in [1.165, 1.54) is 13.2 Å². The summed E-state index contributed by atoms with van der Waals surface area (Å²) >= 11 is 0.534. The van der Waals surface area contributed by atoms with Crippen molar-refractivity contribution >= 4 is 22.2 Å². The number of benzene rings is 1. The normalized spacial score (nSPS) is 15.7. The van der Waals surface area contributed by atoms with Gasteiger partial charge in [-0.2, -0.15) is 13.2 Å². The Morgan fingerprint density at radius 3 is 2.29 bits per heavy atom. The van der Waals surface area contributed by atoms with Crippen molar-refractivity contribution in [1.82, 2.24) is 10.2 Å². The number of anilines is 2. The number of nitrogens with zero attached hydrogens (tertiary/aromatic N) is 4. The topological polar surface area (TPSA) is 41.5 Å². The van der Waals surface area contributed by atoms with E-state index in [9.17, 15) is 17.6 Å². The molecule has 0 radical (unpaired) electrons. The van der Waals surface area contributed by atoms with E-state index in [0.717, 1.165) is 0 Å². The van der Waals surface area contributed by atoms with E-state index >= 15 is 0 Å². The molecule has 3 rings (SSSR count). The first kappa shape index (κ1) is 16.7. The molecule has 0 atom stereocenters. The second-order valence-corrected chi connectivity index (χ2v) is 6.14. The van der Waals surface area contributed by atoms with Crippen molar-refractivity contribution in [3.63, 3.8) is 0 Å². The van der Waals surface area contributed by atoms with Crippen LogP contribution < -0.4 is 14.5 Å². The maximum atomic E-state index is 13.8. The molecule has 2 heterocycles. The molecule has 0 N–H and O–H groups in total. The summed E-state index contributed by atoms with van der Waals surface area (Å²) in [5.74, 6) is -0.276. The Bertz CT molecular complexity index is 713. The van der Waals surface area contributed by atoms with Gasteiger partial charge in [-0.25, -0.2) is 4.39 Å². The van der Waals surface area contributed by atoms with Crippen LogP contribution in [0.5, 0.6) is 5.75 Å². The van der Waals surface area contributed by atoms with Crippen LogP contribution in [0.3, 0.4) is 0 Å². The molecular formula is C14H14F4N4OS. The molecule has 0 spiro atoms. The van der Waals surface area contributed by atoms with E-state index in [1.807, 2.05) is 4.90 Å². The van der Waals surface area contributed by atoms with Gasteiger partial charge in [-0.15, -0.1) is 10.2 Å². The Hall–Kier alpha value is -2.10. The number of alkyl halides is 3. The summed E-state index contributed by atoms with van der Waals surface area (Å²) in [7, 11) is 1.40. The van der Waals surface area contributed by atoms with Crippen molar-refractivity contribution in [3.8, 4) is 5.75 Å². The van der Waals surface area contributed by atoms with Crippen LogP contribution in [0.4, 0.5) is 28.4 Å². The van der Waals surface area contributed by atoms with Crippen LogP contribution in [0.25, 0.3) is 0 Å². The third kappa shape index (κ3) is 3.37. The number of piperazine rings is 1. The van der Waals surface area contributed by atoms with Crippen molar-refractivity contribution < 1.29 is 22.3 Å². The fourth-order valence-electron chi connectivity index (χ4n) is 2.47. The molecule has 0 aliphatic carbocycles. The third-order valence-electron chi connectivity index (χ3n) is 3.71. The lowest BCUT2D eigenvalue weighted by molar-refractivity contribution is -0.138. The number of rotatable bonds is 3. The number of ether oxygens (including phenoxy) is 1. The van der Waals surface area contributed by atoms with E-state index in [2.05, 4.69) is 10.2 Å². The monoisotopic (exact) mass is 362 g/mol. The van der Waals surface area contributed by atoms with Crippen molar-refractivity contribution in [1.29, 1.82) is 0 Å². The molecule has 5 nitrogen and oxygen atoms in total. The SMILES string of the molecule is COc1ccc(N2CCN(c3nnc(C(F)(F)F)s3)CC2)cc1F. The molecular weight excluding hydrogens is 348 g/mol. The maximum absolute atomic E-state index is 13.8. The van der Waals surface area contributed by atoms with Gasteiger partial charge in [-0.1, -0.05) is 11.3 Å². The summed E-state index contributed by atoms with van der Waals surface area (Å²) in [6.07, 6.45) is -4.47. The first-order valence-corrected chi connectivity index (χ1v) is 7.94. The van der Waals surface area contributed by atoms with Crippen LogP contribution in [0.1, 0.15) is 5.01 Å². The summed E-state index contributed by atoms with van der Waals surface area (Å²) in [4.78, 5) is 3.72. The predicted molar refractivity (Wildman–Crippen MR) is 82.3 cm³/mol. The highest BCUT2D eigenvalue weighted by atomic mass is 32.1.